The van der Waals surface area contributed by atoms with Crippen molar-refractivity contribution in [2.24, 2.45) is 5.73 Å². The molecule has 1 aliphatic carbocycles. The molecule has 1 fully saturated rings. The minimum atomic E-state index is -0.658. The minimum Gasteiger partial charge on any atom is -0.508 e. The van der Waals surface area contributed by atoms with Gasteiger partial charge in [-0.1, -0.05) is 12.1 Å². The van der Waals surface area contributed by atoms with Gasteiger partial charge in [0, 0.05) is 5.41 Å². The zero-order valence-electron chi connectivity index (χ0n) is 10.1. The maximum atomic E-state index is 11.5. The van der Waals surface area contributed by atoms with Crippen LogP contribution in [0.15, 0.2) is 18.2 Å². The molecule has 0 aromatic heterocycles. The van der Waals surface area contributed by atoms with Crippen LogP contribution in [0.4, 0.5) is 0 Å². The Balaban J connectivity index is 2.32. The van der Waals surface area contributed by atoms with Gasteiger partial charge in [0.05, 0.1) is 7.11 Å². The van der Waals surface area contributed by atoms with Crippen LogP contribution in [0.3, 0.4) is 0 Å². The summed E-state index contributed by atoms with van der Waals surface area (Å²) in [5.41, 5.74) is 7.31. The van der Waals surface area contributed by atoms with Crippen molar-refractivity contribution in [1.82, 2.24) is 0 Å². The Morgan fingerprint density at radius 1 is 1.53 bits per heavy atom. The quantitative estimate of drug-likeness (QED) is 0.773. The normalized spacial score (nSPS) is 18.5. The number of aryl methyl sites for hydroxylation is 1. The lowest BCUT2D eigenvalue weighted by atomic mass is 9.88. The molecule has 1 atom stereocenters. The lowest BCUT2D eigenvalue weighted by Gasteiger charge is -2.22. The second-order valence-electron chi connectivity index (χ2n) is 4.66. The zero-order valence-corrected chi connectivity index (χ0v) is 10.1. The summed E-state index contributed by atoms with van der Waals surface area (Å²) in [6, 6.07) is 4.81. The fourth-order valence-electron chi connectivity index (χ4n) is 2.19. The fraction of sp³-hybridized carbons (Fsp3) is 0.462. The molecule has 0 heterocycles. The number of benzene rings is 1. The van der Waals surface area contributed by atoms with Crippen LogP contribution < -0.4 is 5.73 Å². The first-order chi connectivity index (χ1) is 8.01. The Kier molecular flexibility index (Phi) is 2.83. The van der Waals surface area contributed by atoms with Gasteiger partial charge in [0.1, 0.15) is 11.8 Å². The average Bonchev–Trinajstić information content (AvgIpc) is 3.12. The van der Waals surface area contributed by atoms with Gasteiger partial charge in [-0.15, -0.1) is 0 Å². The summed E-state index contributed by atoms with van der Waals surface area (Å²) >= 11 is 0. The molecule has 1 saturated carbocycles. The van der Waals surface area contributed by atoms with Crippen LogP contribution in [0, 0.1) is 6.92 Å². The summed E-state index contributed by atoms with van der Waals surface area (Å²) in [5.74, 6) is -0.159. The molecule has 0 bridgehead atoms. The Morgan fingerprint density at radius 2 is 2.18 bits per heavy atom. The number of hydrogen-bond acceptors (Lipinski definition) is 4. The summed E-state index contributed by atoms with van der Waals surface area (Å²) in [6.07, 6.45) is 1.71. The van der Waals surface area contributed by atoms with E-state index in [9.17, 15) is 9.90 Å². The SMILES string of the molecule is COC(=O)C(N)C1(c2ccc(C)c(O)c2)CC1. The van der Waals surface area contributed by atoms with Crippen LogP contribution >= 0.6 is 0 Å². The van der Waals surface area contributed by atoms with Crippen molar-refractivity contribution in [3.05, 3.63) is 29.3 Å². The molecule has 0 amide bonds. The molecule has 92 valence electrons. The first kappa shape index (κ1) is 11.9. The molecule has 0 spiro atoms. The standard InChI is InChI=1S/C13H17NO3/c1-8-3-4-9(7-10(8)15)13(5-6-13)11(14)12(16)17-2/h3-4,7,11,15H,5-6,14H2,1-2H3. The molecular formula is C13H17NO3. The number of methoxy groups -OCH3 is 1. The van der Waals surface area contributed by atoms with Crippen LogP contribution in [0.5, 0.6) is 5.75 Å². The lowest BCUT2D eigenvalue weighted by Crippen LogP contribution is -2.42. The van der Waals surface area contributed by atoms with E-state index in [1.807, 2.05) is 19.1 Å². The van der Waals surface area contributed by atoms with Crippen molar-refractivity contribution in [2.75, 3.05) is 7.11 Å². The number of esters is 1. The monoisotopic (exact) mass is 235 g/mol. The molecule has 1 aromatic carbocycles. The third-order valence-electron chi connectivity index (χ3n) is 3.62. The number of rotatable bonds is 3. The highest BCUT2D eigenvalue weighted by Crippen LogP contribution is 2.51. The first-order valence-corrected chi connectivity index (χ1v) is 5.65. The number of nitrogens with two attached hydrogens (primary N) is 1. The van der Waals surface area contributed by atoms with Gasteiger partial charge in [0.15, 0.2) is 0 Å². The summed E-state index contributed by atoms with van der Waals surface area (Å²) in [6.45, 7) is 1.83. The zero-order chi connectivity index (χ0) is 12.6. The predicted molar refractivity (Wildman–Crippen MR) is 63.7 cm³/mol. The fourth-order valence-corrected chi connectivity index (χ4v) is 2.19. The van der Waals surface area contributed by atoms with Gasteiger partial charge in [-0.3, -0.25) is 4.79 Å². The highest BCUT2D eigenvalue weighted by Gasteiger charge is 2.52. The van der Waals surface area contributed by atoms with Crippen molar-refractivity contribution < 1.29 is 14.6 Å². The molecule has 0 aliphatic heterocycles. The van der Waals surface area contributed by atoms with Crippen molar-refractivity contribution in [1.29, 1.82) is 0 Å². The van der Waals surface area contributed by atoms with Crippen LogP contribution in [0.1, 0.15) is 24.0 Å². The van der Waals surface area contributed by atoms with Crippen molar-refractivity contribution >= 4 is 5.97 Å². The Hall–Kier alpha value is -1.55. The van der Waals surface area contributed by atoms with Crippen molar-refractivity contribution in [2.45, 2.75) is 31.2 Å². The molecule has 17 heavy (non-hydrogen) atoms. The molecule has 0 saturated heterocycles. The van der Waals surface area contributed by atoms with E-state index in [4.69, 9.17) is 5.73 Å². The molecule has 4 heteroatoms. The summed E-state index contributed by atoms with van der Waals surface area (Å²) in [7, 11) is 1.34. The molecule has 3 N–H and O–H groups in total. The Morgan fingerprint density at radius 3 is 2.65 bits per heavy atom. The molecule has 1 aliphatic rings. The highest BCUT2D eigenvalue weighted by atomic mass is 16.5. The van der Waals surface area contributed by atoms with Crippen molar-refractivity contribution in [3.63, 3.8) is 0 Å². The number of carbonyl (C=O) groups excluding carboxylic acids is 1. The highest BCUT2D eigenvalue weighted by molar-refractivity contribution is 5.79. The Labute approximate surface area is 100 Å². The van der Waals surface area contributed by atoms with Gasteiger partial charge in [-0.05, 0) is 37.0 Å². The average molecular weight is 235 g/mol. The number of phenolic OH excluding ortho intramolecular Hbond substituents is 1. The van der Waals surface area contributed by atoms with Gasteiger partial charge in [0.2, 0.25) is 0 Å². The number of hydrogen-bond donors (Lipinski definition) is 2. The number of ether oxygens (including phenoxy) is 1. The summed E-state index contributed by atoms with van der Waals surface area (Å²) < 4.78 is 4.69. The minimum absolute atomic E-state index is 0.242. The van der Waals surface area contributed by atoms with E-state index < -0.39 is 12.0 Å². The van der Waals surface area contributed by atoms with Crippen molar-refractivity contribution in [3.8, 4) is 5.75 Å². The molecule has 1 aromatic rings. The molecule has 1 unspecified atom stereocenters. The third-order valence-corrected chi connectivity index (χ3v) is 3.62. The summed E-state index contributed by atoms with van der Waals surface area (Å²) in [5, 5.41) is 9.71. The molecule has 2 rings (SSSR count). The van der Waals surface area contributed by atoms with Crippen LogP contribution in [-0.2, 0) is 14.9 Å². The number of aromatic hydroxyl groups is 1. The first-order valence-electron chi connectivity index (χ1n) is 5.65. The smallest absolute Gasteiger partial charge is 0.323 e. The molecule has 0 radical (unpaired) electrons. The lowest BCUT2D eigenvalue weighted by molar-refractivity contribution is -0.143. The van der Waals surface area contributed by atoms with Gasteiger partial charge >= 0.3 is 5.97 Å². The van der Waals surface area contributed by atoms with Gasteiger partial charge in [-0.2, -0.15) is 0 Å². The topological polar surface area (TPSA) is 72.5 Å². The Bertz CT molecular complexity index is 452. The van der Waals surface area contributed by atoms with E-state index in [-0.39, 0.29) is 11.2 Å². The maximum Gasteiger partial charge on any atom is 0.323 e. The number of carbonyl (C=O) groups is 1. The van der Waals surface area contributed by atoms with Crippen LogP contribution in [0.25, 0.3) is 0 Å². The van der Waals surface area contributed by atoms with E-state index in [1.54, 1.807) is 6.07 Å². The van der Waals surface area contributed by atoms with E-state index in [2.05, 4.69) is 4.74 Å². The van der Waals surface area contributed by atoms with Crippen LogP contribution in [-0.4, -0.2) is 24.2 Å². The van der Waals surface area contributed by atoms with Gasteiger partial charge < -0.3 is 15.6 Å². The second kappa shape index (κ2) is 4.04. The molecule has 4 nitrogen and oxygen atoms in total. The number of phenols is 1. The second-order valence-corrected chi connectivity index (χ2v) is 4.66. The van der Waals surface area contributed by atoms with E-state index >= 15 is 0 Å². The van der Waals surface area contributed by atoms with E-state index in [0.29, 0.717) is 0 Å². The summed E-state index contributed by atoms with van der Waals surface area (Å²) in [4.78, 5) is 11.5. The third kappa shape index (κ3) is 1.89. The van der Waals surface area contributed by atoms with Gasteiger partial charge in [-0.25, -0.2) is 0 Å². The van der Waals surface area contributed by atoms with E-state index in [1.165, 1.54) is 7.11 Å². The predicted octanol–water partition coefficient (Wildman–Crippen LogP) is 1.23. The maximum absolute atomic E-state index is 11.5. The van der Waals surface area contributed by atoms with Crippen LogP contribution in [0.2, 0.25) is 0 Å². The largest absolute Gasteiger partial charge is 0.508 e. The van der Waals surface area contributed by atoms with E-state index in [0.717, 1.165) is 24.0 Å². The molecular weight excluding hydrogens is 218 g/mol. The van der Waals surface area contributed by atoms with Gasteiger partial charge in [0.25, 0.3) is 0 Å².